The van der Waals surface area contributed by atoms with Gasteiger partial charge < -0.3 is 22.0 Å². The van der Waals surface area contributed by atoms with E-state index in [-0.39, 0.29) is 47.7 Å². The fourth-order valence-electron chi connectivity index (χ4n) is 1.87. The van der Waals surface area contributed by atoms with Gasteiger partial charge in [0.05, 0.1) is 12.3 Å². The summed E-state index contributed by atoms with van der Waals surface area (Å²) in [6.45, 7) is 36.0. The maximum absolute atomic E-state index is 10.9. The number of ether oxygens (including phenoxy) is 1. The molecule has 0 spiro atoms. The number of H-pyrrole nitrogens is 1. The minimum absolute atomic E-state index is 0. The van der Waals surface area contributed by atoms with Crippen molar-refractivity contribution in [3.05, 3.63) is 84.9 Å². The summed E-state index contributed by atoms with van der Waals surface area (Å²) in [5.74, 6) is -1.02. The number of alkyl halides is 1. The Morgan fingerprint density at radius 3 is 1.35 bits per heavy atom. The van der Waals surface area contributed by atoms with Crippen molar-refractivity contribution in [1.82, 2.24) is 28.7 Å². The van der Waals surface area contributed by atoms with Crippen LogP contribution in [0.4, 0.5) is 0 Å². The Morgan fingerprint density at radius 2 is 1.13 bits per heavy atom. The molecule has 0 atom stereocenters. The first-order valence-corrected chi connectivity index (χ1v) is 23.9. The summed E-state index contributed by atoms with van der Waals surface area (Å²) in [5.41, 5.74) is 4.45. The second-order valence-electron chi connectivity index (χ2n) is 6.35. The molecule has 0 aliphatic carbocycles. The third-order valence-corrected chi connectivity index (χ3v) is 5.12. The van der Waals surface area contributed by atoms with Crippen molar-refractivity contribution in [3.8, 4) is 6.01 Å². The predicted octanol–water partition coefficient (Wildman–Crippen LogP) is 8.40. The van der Waals surface area contributed by atoms with Gasteiger partial charge in [-0.3, -0.25) is 28.1 Å². The molecule has 3 aromatic rings. The van der Waals surface area contributed by atoms with Crippen molar-refractivity contribution in [2.24, 2.45) is 31.9 Å². The molecule has 0 fully saturated rings. The third-order valence-electron chi connectivity index (χ3n) is 3.80. The summed E-state index contributed by atoms with van der Waals surface area (Å²) in [7, 11) is 8.01. The number of aromatic nitrogens is 6. The van der Waals surface area contributed by atoms with Gasteiger partial charge in [0.25, 0.3) is 22.7 Å². The van der Waals surface area contributed by atoms with Crippen LogP contribution < -0.4 is 56.7 Å². The minimum atomic E-state index is -1.02. The molecule has 14 nitrogen and oxygen atoms in total. The zero-order chi connectivity index (χ0) is 50.4. The first kappa shape index (κ1) is 92.7. The molecule has 0 saturated carbocycles. The van der Waals surface area contributed by atoms with E-state index in [9.17, 15) is 19.2 Å². The Bertz CT molecular complexity index is 1420. The van der Waals surface area contributed by atoms with E-state index in [1.807, 2.05) is 136 Å². The van der Waals surface area contributed by atoms with Crippen LogP contribution in [-0.4, -0.2) is 70.2 Å². The van der Waals surface area contributed by atoms with Gasteiger partial charge in [-0.15, -0.1) is 0 Å². The third kappa shape index (κ3) is 73.1. The average Bonchev–Trinajstić information content (AvgIpc) is 3.32. The first-order valence-electron chi connectivity index (χ1n) is 19.7. The molecule has 0 amide bonds. The zero-order valence-electron chi connectivity index (χ0n) is 43.5. The number of hydrogen-bond acceptors (Lipinski definition) is 12. The van der Waals surface area contributed by atoms with Crippen molar-refractivity contribution >= 4 is 69.9 Å². The van der Waals surface area contributed by atoms with Crippen molar-refractivity contribution in [2.75, 3.05) is 25.3 Å². The van der Waals surface area contributed by atoms with E-state index in [0.29, 0.717) is 10.8 Å². The number of carbonyl (C=O) groups is 1. The Hall–Kier alpha value is -2.45. The van der Waals surface area contributed by atoms with Crippen LogP contribution in [0, 0.1) is 4.77 Å². The molecule has 0 radical (unpaired) electrons. The molecule has 0 unspecified atom stereocenters. The summed E-state index contributed by atoms with van der Waals surface area (Å²) in [5, 5.41) is 10.6. The van der Waals surface area contributed by atoms with E-state index in [2.05, 4.69) is 65.6 Å². The number of carboxylic acids is 1. The van der Waals surface area contributed by atoms with Gasteiger partial charge in [-0.25, -0.2) is 19.8 Å². The number of thioether (sulfide) groups is 1. The topological polar surface area (TPSA) is 192 Å². The van der Waals surface area contributed by atoms with Gasteiger partial charge in [0.1, 0.15) is 0 Å². The normalized spacial score (nSPS) is 6.83. The Balaban J connectivity index is -0.0000000344. The summed E-state index contributed by atoms with van der Waals surface area (Å²) in [6, 6.07) is 4.57. The second kappa shape index (κ2) is 96.4. The summed E-state index contributed by atoms with van der Waals surface area (Å²) < 4.78 is 9.45. The van der Waals surface area contributed by atoms with Crippen LogP contribution in [0.3, 0.4) is 0 Å². The number of thiocarbonyl (C=S) groups is 1. The Kier molecular flexibility index (Phi) is 149. The molecule has 19 heteroatoms. The zero-order valence-corrected chi connectivity index (χ0v) is 49.1. The quantitative estimate of drug-likeness (QED) is 0.0332. The van der Waals surface area contributed by atoms with Crippen molar-refractivity contribution in [3.63, 3.8) is 0 Å². The van der Waals surface area contributed by atoms with Crippen LogP contribution in [0.15, 0.2) is 73.6 Å². The maximum Gasteiger partial charge on any atom is 1.00 e. The van der Waals surface area contributed by atoms with Crippen LogP contribution in [0.5, 0.6) is 6.01 Å². The van der Waals surface area contributed by atoms with E-state index < -0.39 is 5.97 Å². The van der Waals surface area contributed by atoms with E-state index >= 15 is 0 Å². The van der Waals surface area contributed by atoms with E-state index in [1.54, 1.807) is 28.2 Å². The number of methoxy groups -OCH3 is 1. The summed E-state index contributed by atoms with van der Waals surface area (Å²) in [6.07, 6.45) is 8.20. The van der Waals surface area contributed by atoms with Crippen LogP contribution >= 0.6 is 58.8 Å². The van der Waals surface area contributed by atoms with E-state index in [1.165, 1.54) is 69.4 Å². The number of halogens is 1. The van der Waals surface area contributed by atoms with Gasteiger partial charge in [-0.2, -0.15) is 0 Å². The first-order chi connectivity index (χ1) is 28.4. The molecule has 0 saturated heterocycles. The molecule has 0 aliphatic rings. The number of aromatic amines is 1. The molecule has 0 aliphatic heterocycles. The number of nitrogens with zero attached hydrogens (tertiary/aromatic N) is 6. The largest absolute Gasteiger partial charge is 1.00 e. The smallest absolute Gasteiger partial charge is 1.00 e. The van der Waals surface area contributed by atoms with Crippen LogP contribution in [0.1, 0.15) is 126 Å². The number of carboxylic acid groups (broad SMARTS) is 1. The number of rotatable bonds is 3. The molecular weight excluding hydrogens is 947 g/mol. The SMILES string of the molecule is CC.CC.CC.CC.CC.CC.CC.CC.CC.CI.CN=C=S.COc1nccc(=O)n1C.CSc1nccc(=O)n1C.Cn1c(=O)cc[nH]c1=S.N/C=C\C(=O)O.[H-].[Na+]. The van der Waals surface area contributed by atoms with Crippen molar-refractivity contribution in [2.45, 2.75) is 130 Å². The molecule has 3 aromatic heterocycles. The van der Waals surface area contributed by atoms with Crippen molar-refractivity contribution < 1.29 is 45.6 Å². The number of isothiocyanates is 1. The fraction of sp³-hybridized carbons (Fsp3) is 0.610. The van der Waals surface area contributed by atoms with Gasteiger partial charge in [0.2, 0.25) is 0 Å². The molecule has 3 heterocycles. The molecule has 60 heavy (non-hydrogen) atoms. The predicted molar refractivity (Wildman–Crippen MR) is 279 cm³/mol. The van der Waals surface area contributed by atoms with Gasteiger partial charge in [0.15, 0.2) is 9.93 Å². The van der Waals surface area contributed by atoms with Gasteiger partial charge in [-0.05, 0) is 35.6 Å². The standard InChI is InChI=1S/C6H8N2O2.C6H8N2OS.C5H6N2OS.C3H5NO2.C2H3NS.9C2H6.CH3I.Na.H/c2*1-8-5(9)3-4-7-6(8)10-2;1-7-4(8)2-3-6-5(7)9;4-2-1-3(5)6;1-3-2-4;10*1-2;;/h2*3-4H,1-2H3;2-3H,1H3,(H,6,9);1-2H,4H2,(H,5,6);1H3;9*1-2H3;1H3;;/q;;;;;;;;;;;;;;;+1;-1/b;;;2-1-;;;;;;;;;;;;;. The maximum atomic E-state index is 10.9. The number of aliphatic carboxylic acids is 1. The monoisotopic (exact) mass is 1030 g/mol. The Morgan fingerprint density at radius 1 is 0.800 bits per heavy atom. The Labute approximate surface area is 418 Å². The average molecular weight is 1040 g/mol. The summed E-state index contributed by atoms with van der Waals surface area (Å²) in [4.78, 5) is 57.7. The van der Waals surface area contributed by atoms with E-state index in [4.69, 9.17) is 22.1 Å². The van der Waals surface area contributed by atoms with Gasteiger partial charge in [0, 0.05) is 77.3 Å². The second-order valence-corrected chi connectivity index (χ2v) is 7.69. The van der Waals surface area contributed by atoms with Gasteiger partial charge in [-0.1, -0.05) is 159 Å². The van der Waals surface area contributed by atoms with Crippen molar-refractivity contribution in [1.29, 1.82) is 0 Å². The van der Waals surface area contributed by atoms with Gasteiger partial charge >= 0.3 is 35.5 Å². The molecule has 0 aromatic carbocycles. The minimum Gasteiger partial charge on any atom is -1.00 e. The number of nitrogens with one attached hydrogen (secondary N) is 1. The molecule has 354 valence electrons. The number of nitrogens with two attached hydrogens (primary N) is 1. The fourth-order valence-corrected chi connectivity index (χ4v) is 2.56. The summed E-state index contributed by atoms with van der Waals surface area (Å²) >= 11 is 12.5. The molecular formula is C41H88IN8NaO6S3. The number of hydrogen-bond donors (Lipinski definition) is 3. The van der Waals surface area contributed by atoms with Crippen LogP contribution in [-0.2, 0) is 25.9 Å². The van der Waals surface area contributed by atoms with Crippen LogP contribution in [0.2, 0.25) is 0 Å². The van der Waals surface area contributed by atoms with E-state index in [0.717, 1.165) is 17.4 Å². The molecule has 4 N–H and O–H groups in total. The molecule has 3 rings (SSSR count). The number of aliphatic imine (C=N–C) groups is 1. The van der Waals surface area contributed by atoms with Crippen LogP contribution in [0.25, 0.3) is 0 Å². The molecule has 0 bridgehead atoms.